The van der Waals surface area contributed by atoms with Crippen LogP contribution in [0.3, 0.4) is 0 Å². The van der Waals surface area contributed by atoms with E-state index in [4.69, 9.17) is 16.3 Å². The zero-order valence-corrected chi connectivity index (χ0v) is 16.6. The van der Waals surface area contributed by atoms with E-state index in [1.54, 1.807) is 35.4 Å². The van der Waals surface area contributed by atoms with Gasteiger partial charge in [-0.1, -0.05) is 53.7 Å². The van der Waals surface area contributed by atoms with Gasteiger partial charge in [0.05, 0.1) is 12.3 Å². The first-order chi connectivity index (χ1) is 13.6. The molecule has 0 bridgehead atoms. The van der Waals surface area contributed by atoms with Crippen LogP contribution in [0.5, 0.6) is 5.75 Å². The molecule has 0 fully saturated rings. The summed E-state index contributed by atoms with van der Waals surface area (Å²) in [7, 11) is 0. The number of amides is 1. The molecule has 1 amide bonds. The third-order valence-electron chi connectivity index (χ3n) is 3.52. The lowest BCUT2D eigenvalue weighted by molar-refractivity contribution is -0.113. The quantitative estimate of drug-likeness (QED) is 0.717. The summed E-state index contributed by atoms with van der Waals surface area (Å²) in [6.07, 6.45) is 1.75. The van der Waals surface area contributed by atoms with Crippen LogP contribution in [0.25, 0.3) is 0 Å². The van der Waals surface area contributed by atoms with Crippen molar-refractivity contribution in [2.75, 3.05) is 24.2 Å². The predicted octanol–water partition coefficient (Wildman–Crippen LogP) is 4.26. The first-order valence-electron chi connectivity index (χ1n) is 8.55. The van der Waals surface area contributed by atoms with Crippen molar-refractivity contribution in [2.24, 2.45) is 10.1 Å². The fraction of sp³-hybridized carbons (Fsp3) is 0.150. The molecule has 0 saturated heterocycles. The zero-order valence-electron chi connectivity index (χ0n) is 15.0. The van der Waals surface area contributed by atoms with Crippen LogP contribution in [0.2, 0.25) is 5.02 Å². The Morgan fingerprint density at radius 1 is 1.29 bits per heavy atom. The summed E-state index contributed by atoms with van der Waals surface area (Å²) in [5.74, 6) is 1.21. The molecule has 2 aromatic rings. The molecule has 28 heavy (non-hydrogen) atoms. The van der Waals surface area contributed by atoms with Crippen molar-refractivity contribution < 1.29 is 9.53 Å². The smallest absolute Gasteiger partial charge is 0.234 e. The van der Waals surface area contributed by atoms with Gasteiger partial charge in [-0.25, -0.2) is 0 Å². The van der Waals surface area contributed by atoms with E-state index < -0.39 is 0 Å². The fourth-order valence-corrected chi connectivity index (χ4v) is 3.23. The lowest BCUT2D eigenvalue weighted by Gasteiger charge is -2.23. The molecule has 0 unspecified atom stereocenters. The first-order valence-corrected chi connectivity index (χ1v) is 9.92. The number of aliphatic imine (C=N–C) groups is 1. The molecule has 0 radical (unpaired) electrons. The van der Waals surface area contributed by atoms with Crippen LogP contribution in [-0.2, 0) is 4.79 Å². The number of halogens is 1. The van der Waals surface area contributed by atoms with E-state index in [1.165, 1.54) is 11.8 Å². The highest BCUT2D eigenvalue weighted by Crippen LogP contribution is 2.18. The van der Waals surface area contributed by atoms with Crippen molar-refractivity contribution in [3.63, 3.8) is 0 Å². The number of para-hydroxylation sites is 1. The molecular formula is C20H19ClN4O2S. The Morgan fingerprint density at radius 3 is 2.86 bits per heavy atom. The van der Waals surface area contributed by atoms with E-state index in [1.807, 2.05) is 30.3 Å². The Morgan fingerprint density at radius 2 is 2.11 bits per heavy atom. The van der Waals surface area contributed by atoms with Gasteiger partial charge in [-0.2, -0.15) is 4.99 Å². The van der Waals surface area contributed by atoms with Crippen LogP contribution in [0.15, 0.2) is 77.3 Å². The third kappa shape index (κ3) is 6.14. The van der Waals surface area contributed by atoms with E-state index in [-0.39, 0.29) is 11.7 Å². The Labute approximate surface area is 172 Å². The summed E-state index contributed by atoms with van der Waals surface area (Å²) in [6.45, 7) is 4.73. The second kappa shape index (κ2) is 9.96. The van der Waals surface area contributed by atoms with Crippen molar-refractivity contribution in [2.45, 2.75) is 0 Å². The van der Waals surface area contributed by atoms with E-state index in [9.17, 15) is 4.79 Å². The molecule has 0 aromatic heterocycles. The van der Waals surface area contributed by atoms with Crippen LogP contribution in [0.4, 0.5) is 5.69 Å². The highest BCUT2D eigenvalue weighted by molar-refractivity contribution is 8.14. The van der Waals surface area contributed by atoms with Crippen molar-refractivity contribution in [3.05, 3.63) is 72.3 Å². The van der Waals surface area contributed by atoms with E-state index in [0.29, 0.717) is 40.6 Å². The average Bonchev–Trinajstić information content (AvgIpc) is 2.67. The van der Waals surface area contributed by atoms with Gasteiger partial charge in [-0.15, -0.1) is 11.7 Å². The van der Waals surface area contributed by atoms with Gasteiger partial charge in [0.1, 0.15) is 12.3 Å². The minimum absolute atomic E-state index is 0.162. The summed E-state index contributed by atoms with van der Waals surface area (Å²) in [5, 5.41) is 10.0. The van der Waals surface area contributed by atoms with Crippen LogP contribution in [0.1, 0.15) is 0 Å². The molecule has 0 saturated carbocycles. The lowest BCUT2D eigenvalue weighted by Crippen LogP contribution is -2.33. The number of ether oxygens (including phenoxy) is 1. The SMILES string of the molecule is C=CCN1CC(Oc2ccccc2)=NC(SCC(=O)Nc2cccc(Cl)c2)=N1. The number of hydrogen-bond acceptors (Lipinski definition) is 6. The Hall–Kier alpha value is -2.77. The van der Waals surface area contributed by atoms with E-state index >= 15 is 0 Å². The van der Waals surface area contributed by atoms with E-state index in [0.717, 1.165) is 0 Å². The number of benzene rings is 2. The van der Waals surface area contributed by atoms with Crippen molar-refractivity contribution in [1.82, 2.24) is 5.01 Å². The molecule has 6 nitrogen and oxygen atoms in total. The van der Waals surface area contributed by atoms with Gasteiger partial charge >= 0.3 is 0 Å². The van der Waals surface area contributed by atoms with Gasteiger partial charge in [0.15, 0.2) is 0 Å². The molecule has 2 aromatic carbocycles. The van der Waals surface area contributed by atoms with Crippen LogP contribution < -0.4 is 10.1 Å². The summed E-state index contributed by atoms with van der Waals surface area (Å²) < 4.78 is 5.84. The van der Waals surface area contributed by atoms with Crippen molar-refractivity contribution in [1.29, 1.82) is 0 Å². The molecule has 1 N–H and O–H groups in total. The van der Waals surface area contributed by atoms with Gasteiger partial charge in [0.25, 0.3) is 0 Å². The topological polar surface area (TPSA) is 66.3 Å². The van der Waals surface area contributed by atoms with Gasteiger partial charge < -0.3 is 10.1 Å². The lowest BCUT2D eigenvalue weighted by atomic mass is 10.3. The Balaban J connectivity index is 1.62. The number of carbonyl (C=O) groups excluding carboxylic acids is 1. The maximum Gasteiger partial charge on any atom is 0.234 e. The molecule has 0 spiro atoms. The highest BCUT2D eigenvalue weighted by atomic mass is 35.5. The maximum atomic E-state index is 12.2. The number of nitrogens with zero attached hydrogens (tertiary/aromatic N) is 3. The van der Waals surface area contributed by atoms with Crippen LogP contribution >= 0.6 is 23.4 Å². The van der Waals surface area contributed by atoms with Gasteiger partial charge in [0.2, 0.25) is 17.0 Å². The molecule has 1 aliphatic heterocycles. The van der Waals surface area contributed by atoms with E-state index in [2.05, 4.69) is 22.0 Å². The number of hydrogen-bond donors (Lipinski definition) is 1. The number of amidine groups is 1. The molecule has 8 heteroatoms. The number of anilines is 1. The standard InChI is InChI=1S/C20H19ClN4O2S/c1-2-11-25-13-19(27-17-9-4-3-5-10-17)23-20(24-25)28-14-18(26)22-16-8-6-7-15(21)12-16/h2-10,12H,1,11,13-14H2,(H,22,26). The third-order valence-corrected chi connectivity index (χ3v) is 4.60. The predicted molar refractivity (Wildman–Crippen MR) is 116 cm³/mol. The molecule has 0 aliphatic carbocycles. The Kier molecular flexibility index (Phi) is 7.11. The van der Waals surface area contributed by atoms with Crippen LogP contribution in [0, 0.1) is 0 Å². The molecule has 1 aliphatic rings. The molecule has 0 atom stereocenters. The second-order valence-electron chi connectivity index (χ2n) is 5.79. The summed E-state index contributed by atoms with van der Waals surface area (Å²) in [5.41, 5.74) is 0.647. The molecule has 144 valence electrons. The minimum atomic E-state index is -0.170. The summed E-state index contributed by atoms with van der Waals surface area (Å²) in [4.78, 5) is 16.6. The number of rotatable bonds is 6. The van der Waals surface area contributed by atoms with Crippen LogP contribution in [-0.4, -0.2) is 40.8 Å². The van der Waals surface area contributed by atoms with Crippen molar-refractivity contribution >= 4 is 46.0 Å². The zero-order chi connectivity index (χ0) is 19.8. The van der Waals surface area contributed by atoms with Gasteiger partial charge in [-0.3, -0.25) is 9.80 Å². The average molecular weight is 415 g/mol. The highest BCUT2D eigenvalue weighted by Gasteiger charge is 2.18. The number of hydrazone groups is 1. The Bertz CT molecular complexity index is 902. The number of carbonyl (C=O) groups is 1. The molecule has 1 heterocycles. The maximum absolute atomic E-state index is 12.2. The minimum Gasteiger partial charge on any atom is -0.441 e. The van der Waals surface area contributed by atoms with Gasteiger partial charge in [-0.05, 0) is 30.3 Å². The first kappa shape index (κ1) is 20.0. The summed E-state index contributed by atoms with van der Waals surface area (Å²) >= 11 is 7.17. The summed E-state index contributed by atoms with van der Waals surface area (Å²) in [6, 6.07) is 16.4. The largest absolute Gasteiger partial charge is 0.441 e. The second-order valence-corrected chi connectivity index (χ2v) is 7.17. The fourth-order valence-electron chi connectivity index (χ4n) is 2.37. The number of nitrogens with one attached hydrogen (secondary N) is 1. The molecular weight excluding hydrogens is 396 g/mol. The van der Waals surface area contributed by atoms with Crippen molar-refractivity contribution in [3.8, 4) is 5.75 Å². The van der Waals surface area contributed by atoms with Gasteiger partial charge in [0, 0.05) is 10.7 Å². The number of thioether (sulfide) groups is 1. The normalized spacial score (nSPS) is 13.4. The monoisotopic (exact) mass is 414 g/mol. The molecule has 3 rings (SSSR count).